The molecule has 2 N–H and O–H groups in total. The van der Waals surface area contributed by atoms with E-state index in [1.54, 1.807) is 36.4 Å². The summed E-state index contributed by atoms with van der Waals surface area (Å²) in [5.41, 5.74) is 0.968. The normalized spacial score (nSPS) is 10.4. The van der Waals surface area contributed by atoms with E-state index in [1.807, 2.05) is 19.1 Å². The van der Waals surface area contributed by atoms with E-state index in [9.17, 15) is 14.7 Å². The van der Waals surface area contributed by atoms with Gasteiger partial charge >= 0.3 is 0 Å². The van der Waals surface area contributed by atoms with Gasteiger partial charge in [-0.1, -0.05) is 30.3 Å². The molecule has 0 fully saturated rings. The molecule has 1 heterocycles. The van der Waals surface area contributed by atoms with E-state index in [0.29, 0.717) is 17.1 Å². The van der Waals surface area contributed by atoms with Gasteiger partial charge in [-0.25, -0.2) is 0 Å². The van der Waals surface area contributed by atoms with Crippen molar-refractivity contribution in [1.29, 1.82) is 0 Å². The molecule has 1 amide bonds. The predicted molar refractivity (Wildman–Crippen MR) is 97.2 cm³/mol. The number of aryl methyl sites for hydroxylation is 1. The van der Waals surface area contributed by atoms with E-state index in [2.05, 4.69) is 10.4 Å². The van der Waals surface area contributed by atoms with Crippen LogP contribution in [0.3, 0.4) is 0 Å². The number of methoxy groups -OCH3 is 1. The molecule has 0 aliphatic carbocycles. The molecule has 0 spiro atoms. The highest BCUT2D eigenvalue weighted by Gasteiger charge is 2.18. The first-order valence-corrected chi connectivity index (χ1v) is 7.85. The van der Waals surface area contributed by atoms with E-state index in [0.717, 1.165) is 16.3 Å². The Balaban J connectivity index is 2.05. The molecule has 0 atom stereocenters. The Hall–Kier alpha value is -3.61. The molecule has 0 unspecified atom stereocenters. The van der Waals surface area contributed by atoms with Crippen LogP contribution in [0, 0.1) is 6.92 Å². The number of aromatic nitrogens is 2. The van der Waals surface area contributed by atoms with Gasteiger partial charge < -0.3 is 15.2 Å². The molecular weight excluding hydrogens is 334 g/mol. The molecule has 0 saturated heterocycles. The Morgan fingerprint density at radius 1 is 1.15 bits per heavy atom. The zero-order valence-corrected chi connectivity index (χ0v) is 14.3. The Morgan fingerprint density at radius 3 is 2.58 bits per heavy atom. The summed E-state index contributed by atoms with van der Waals surface area (Å²) in [6, 6.07) is 14.9. The van der Waals surface area contributed by atoms with Gasteiger partial charge in [-0.15, -0.1) is 0 Å². The number of amides is 1. The Bertz CT molecular complexity index is 1030. The number of rotatable bonds is 4. The van der Waals surface area contributed by atoms with Crippen molar-refractivity contribution in [2.45, 2.75) is 6.92 Å². The number of hydrogen-bond acceptors (Lipinski definition) is 5. The number of nitrogens with one attached hydrogen (secondary N) is 1. The fourth-order valence-electron chi connectivity index (χ4n) is 2.48. The van der Waals surface area contributed by atoms with Crippen molar-refractivity contribution in [1.82, 2.24) is 9.78 Å². The largest absolute Gasteiger partial charge is 0.505 e. The molecule has 26 heavy (non-hydrogen) atoms. The number of ether oxygens (including phenoxy) is 1. The molecule has 7 nitrogen and oxygen atoms in total. The van der Waals surface area contributed by atoms with E-state index in [-0.39, 0.29) is 5.69 Å². The Morgan fingerprint density at radius 2 is 1.85 bits per heavy atom. The number of nitrogens with zero attached hydrogens (tertiary/aromatic N) is 2. The predicted octanol–water partition coefficient (Wildman–Crippen LogP) is 2.51. The zero-order valence-electron chi connectivity index (χ0n) is 14.3. The maximum absolute atomic E-state index is 12.6. The number of carbonyl (C=O) groups excluding carboxylic acids is 1. The second kappa shape index (κ2) is 7.10. The lowest BCUT2D eigenvalue weighted by Crippen LogP contribution is -2.25. The molecule has 132 valence electrons. The zero-order chi connectivity index (χ0) is 18.7. The van der Waals surface area contributed by atoms with Crippen LogP contribution < -0.4 is 15.6 Å². The SMILES string of the molecule is COc1ccccc1-n1nc(C(=O)Nc2ccccc2C)c(O)cc1=O. The minimum absolute atomic E-state index is 0.265. The summed E-state index contributed by atoms with van der Waals surface area (Å²) in [4.78, 5) is 24.8. The number of aromatic hydroxyl groups is 1. The second-order valence-corrected chi connectivity index (χ2v) is 5.57. The standard InChI is InChI=1S/C19H17N3O4/c1-12-7-3-4-8-13(12)20-19(25)18-15(23)11-17(24)22(21-18)14-9-5-6-10-16(14)26-2/h3-11,23H,1-2H3,(H,20,25). The van der Waals surface area contributed by atoms with Gasteiger partial charge in [0.15, 0.2) is 11.4 Å². The summed E-state index contributed by atoms with van der Waals surface area (Å²) in [5.74, 6) is -0.703. The maximum atomic E-state index is 12.6. The number of para-hydroxylation sites is 3. The highest BCUT2D eigenvalue weighted by atomic mass is 16.5. The molecule has 3 aromatic rings. The van der Waals surface area contributed by atoms with E-state index >= 15 is 0 Å². The first-order chi connectivity index (χ1) is 12.5. The topological polar surface area (TPSA) is 93.5 Å². The Labute approximate surface area is 149 Å². The highest BCUT2D eigenvalue weighted by Crippen LogP contribution is 2.22. The van der Waals surface area contributed by atoms with E-state index in [4.69, 9.17) is 4.74 Å². The van der Waals surface area contributed by atoms with Crippen LogP contribution in [-0.4, -0.2) is 27.9 Å². The lowest BCUT2D eigenvalue weighted by molar-refractivity contribution is 0.101. The van der Waals surface area contributed by atoms with Crippen LogP contribution in [0.4, 0.5) is 5.69 Å². The van der Waals surface area contributed by atoms with Crippen LogP contribution in [0.25, 0.3) is 5.69 Å². The minimum Gasteiger partial charge on any atom is -0.505 e. The highest BCUT2D eigenvalue weighted by molar-refractivity contribution is 6.04. The monoisotopic (exact) mass is 351 g/mol. The van der Waals surface area contributed by atoms with Gasteiger partial charge in [0, 0.05) is 11.8 Å². The van der Waals surface area contributed by atoms with Crippen molar-refractivity contribution in [2.75, 3.05) is 12.4 Å². The lowest BCUT2D eigenvalue weighted by Gasteiger charge is -2.12. The summed E-state index contributed by atoms with van der Waals surface area (Å²) in [5, 5.41) is 16.8. The maximum Gasteiger partial charge on any atom is 0.279 e. The van der Waals surface area contributed by atoms with Gasteiger partial charge in [0.25, 0.3) is 11.5 Å². The number of benzene rings is 2. The van der Waals surface area contributed by atoms with Crippen LogP contribution in [0.5, 0.6) is 11.5 Å². The second-order valence-electron chi connectivity index (χ2n) is 5.57. The molecule has 1 aromatic heterocycles. The summed E-state index contributed by atoms with van der Waals surface area (Å²) in [6.45, 7) is 1.85. The van der Waals surface area contributed by atoms with Crippen LogP contribution >= 0.6 is 0 Å². The van der Waals surface area contributed by atoms with E-state index in [1.165, 1.54) is 7.11 Å². The van der Waals surface area contributed by atoms with Gasteiger partial charge in [0.05, 0.1) is 7.11 Å². The third-order valence-corrected chi connectivity index (χ3v) is 3.83. The molecule has 0 aliphatic heterocycles. The summed E-state index contributed by atoms with van der Waals surface area (Å²) in [6.07, 6.45) is 0. The first kappa shape index (κ1) is 17.2. The first-order valence-electron chi connectivity index (χ1n) is 7.85. The molecule has 0 bridgehead atoms. The van der Waals surface area contributed by atoms with Gasteiger partial charge in [0.2, 0.25) is 0 Å². The molecular formula is C19H17N3O4. The van der Waals surface area contributed by atoms with Gasteiger partial charge in [-0.05, 0) is 30.7 Å². The van der Waals surface area contributed by atoms with Gasteiger partial charge in [-0.3, -0.25) is 9.59 Å². The molecule has 0 radical (unpaired) electrons. The van der Waals surface area contributed by atoms with Gasteiger partial charge in [0.1, 0.15) is 11.4 Å². The van der Waals surface area contributed by atoms with Crippen LogP contribution in [0.2, 0.25) is 0 Å². The lowest BCUT2D eigenvalue weighted by atomic mass is 10.2. The number of carbonyl (C=O) groups is 1. The van der Waals surface area contributed by atoms with E-state index < -0.39 is 17.2 Å². The van der Waals surface area contributed by atoms with Crippen molar-refractivity contribution >= 4 is 11.6 Å². The molecule has 2 aromatic carbocycles. The summed E-state index contributed by atoms with van der Waals surface area (Å²) >= 11 is 0. The fraction of sp³-hybridized carbons (Fsp3) is 0.105. The van der Waals surface area contributed by atoms with Crippen LogP contribution in [0.1, 0.15) is 16.1 Å². The van der Waals surface area contributed by atoms with Crippen molar-refractivity contribution in [2.24, 2.45) is 0 Å². The smallest absolute Gasteiger partial charge is 0.279 e. The average Bonchev–Trinajstić information content (AvgIpc) is 2.63. The number of anilines is 1. The third kappa shape index (κ3) is 3.27. The molecule has 3 rings (SSSR count). The number of hydrogen-bond donors (Lipinski definition) is 2. The van der Waals surface area contributed by atoms with Gasteiger partial charge in [-0.2, -0.15) is 9.78 Å². The molecule has 7 heteroatoms. The van der Waals surface area contributed by atoms with Crippen molar-refractivity contribution < 1.29 is 14.6 Å². The fourth-order valence-corrected chi connectivity index (χ4v) is 2.48. The van der Waals surface area contributed by atoms with Crippen LogP contribution in [-0.2, 0) is 0 Å². The Kier molecular flexibility index (Phi) is 4.70. The van der Waals surface area contributed by atoms with Crippen molar-refractivity contribution in [3.63, 3.8) is 0 Å². The van der Waals surface area contributed by atoms with Crippen molar-refractivity contribution in [3.05, 3.63) is 76.2 Å². The minimum atomic E-state index is -0.625. The summed E-state index contributed by atoms with van der Waals surface area (Å²) < 4.78 is 6.25. The van der Waals surface area contributed by atoms with Crippen molar-refractivity contribution in [3.8, 4) is 17.2 Å². The third-order valence-electron chi connectivity index (χ3n) is 3.83. The van der Waals surface area contributed by atoms with Crippen LogP contribution in [0.15, 0.2) is 59.4 Å². The average molecular weight is 351 g/mol. The quantitative estimate of drug-likeness (QED) is 0.753. The molecule has 0 saturated carbocycles. The molecule has 0 aliphatic rings. The summed E-state index contributed by atoms with van der Waals surface area (Å²) in [7, 11) is 1.47.